The van der Waals surface area contributed by atoms with Crippen LogP contribution in [0.1, 0.15) is 6.92 Å². The predicted molar refractivity (Wildman–Crippen MR) is 38.5 cm³/mol. The lowest BCUT2D eigenvalue weighted by Gasteiger charge is -2.24. The zero-order valence-corrected chi connectivity index (χ0v) is 6.82. The molecule has 0 fully saturated rings. The van der Waals surface area contributed by atoms with Crippen molar-refractivity contribution in [3.05, 3.63) is 23.6 Å². The van der Waals surface area contributed by atoms with Crippen molar-refractivity contribution >= 4 is 0 Å². The second kappa shape index (κ2) is 3.14. The van der Waals surface area contributed by atoms with E-state index in [1.54, 1.807) is 0 Å². The van der Waals surface area contributed by atoms with Crippen LogP contribution in [0.3, 0.4) is 0 Å². The Morgan fingerprint density at radius 3 is 2.46 bits per heavy atom. The molecule has 1 N–H and O–H groups in total. The summed E-state index contributed by atoms with van der Waals surface area (Å²) in [4.78, 5) is 0. The normalized spacial score (nSPS) is 34.9. The number of alkyl halides is 1. The lowest BCUT2D eigenvalue weighted by Crippen LogP contribution is -2.31. The van der Waals surface area contributed by atoms with Gasteiger partial charge in [-0.2, -0.15) is 0 Å². The summed E-state index contributed by atoms with van der Waals surface area (Å²) in [7, 11) is 0. The molecule has 0 amide bonds. The molecule has 0 bridgehead atoms. The molecule has 0 saturated heterocycles. The Hall–Kier alpha value is -0.840. The molecule has 2 atom stereocenters. The molecule has 0 saturated carbocycles. The highest BCUT2D eigenvalue weighted by molar-refractivity contribution is 5.33. The molecule has 1 nitrogen and oxygen atoms in total. The number of rotatable bonds is 1. The van der Waals surface area contributed by atoms with Crippen molar-refractivity contribution in [2.24, 2.45) is 5.92 Å². The minimum Gasteiger partial charge on any atom is -0.392 e. The SMILES string of the molecule is CC1C(F)=CC(F)(CO)C(F)=C1F. The van der Waals surface area contributed by atoms with Gasteiger partial charge in [0.25, 0.3) is 0 Å². The maximum atomic E-state index is 13.1. The highest BCUT2D eigenvalue weighted by Crippen LogP contribution is 2.40. The van der Waals surface area contributed by atoms with Gasteiger partial charge in [0.1, 0.15) is 11.7 Å². The summed E-state index contributed by atoms with van der Waals surface area (Å²) >= 11 is 0. The molecule has 0 spiro atoms. The highest BCUT2D eigenvalue weighted by Gasteiger charge is 2.42. The van der Waals surface area contributed by atoms with Gasteiger partial charge in [0.05, 0.1) is 12.5 Å². The third-order valence-corrected chi connectivity index (χ3v) is 1.97. The average Bonchev–Trinajstić information content (AvgIpc) is 2.12. The van der Waals surface area contributed by atoms with Crippen LogP contribution in [0.25, 0.3) is 0 Å². The summed E-state index contributed by atoms with van der Waals surface area (Å²) in [6.07, 6.45) is 0.260. The molecule has 5 heteroatoms. The van der Waals surface area contributed by atoms with Gasteiger partial charge in [-0.15, -0.1) is 0 Å². The Kier molecular flexibility index (Phi) is 2.47. The van der Waals surface area contributed by atoms with E-state index in [1.807, 2.05) is 0 Å². The molecular formula is C8H8F4O. The summed E-state index contributed by atoms with van der Waals surface area (Å²) in [5.74, 6) is -5.77. The lowest BCUT2D eigenvalue weighted by atomic mass is 9.92. The first kappa shape index (κ1) is 10.2. The minimum atomic E-state index is -3.04. The Labute approximate surface area is 72.4 Å². The summed E-state index contributed by atoms with van der Waals surface area (Å²) in [6.45, 7) is -0.246. The summed E-state index contributed by atoms with van der Waals surface area (Å²) in [6, 6.07) is 0. The Morgan fingerprint density at radius 2 is 2.00 bits per heavy atom. The first-order chi connectivity index (χ1) is 5.92. The van der Waals surface area contributed by atoms with Crippen molar-refractivity contribution in [2.75, 3.05) is 6.61 Å². The van der Waals surface area contributed by atoms with E-state index in [9.17, 15) is 17.6 Å². The van der Waals surface area contributed by atoms with Crippen LogP contribution in [-0.2, 0) is 0 Å². The number of halogens is 4. The molecule has 0 aromatic heterocycles. The van der Waals surface area contributed by atoms with Gasteiger partial charge in [0, 0.05) is 0 Å². The van der Waals surface area contributed by atoms with E-state index in [0.29, 0.717) is 0 Å². The van der Waals surface area contributed by atoms with E-state index in [2.05, 4.69) is 0 Å². The molecular weight excluding hydrogens is 188 g/mol. The number of hydrogen-bond acceptors (Lipinski definition) is 1. The first-order valence-corrected chi connectivity index (χ1v) is 3.66. The van der Waals surface area contributed by atoms with Crippen LogP contribution in [0, 0.1) is 5.92 Å². The zero-order valence-electron chi connectivity index (χ0n) is 6.82. The minimum absolute atomic E-state index is 0.260. The van der Waals surface area contributed by atoms with Gasteiger partial charge in [-0.25, -0.2) is 17.6 Å². The molecule has 1 aliphatic carbocycles. The van der Waals surface area contributed by atoms with Crippen LogP contribution < -0.4 is 0 Å². The van der Waals surface area contributed by atoms with E-state index in [1.165, 1.54) is 0 Å². The number of aliphatic hydroxyl groups is 1. The third-order valence-electron chi connectivity index (χ3n) is 1.97. The van der Waals surface area contributed by atoms with Gasteiger partial charge >= 0.3 is 0 Å². The molecule has 0 aromatic carbocycles. The summed E-state index contributed by atoms with van der Waals surface area (Å²) in [5.41, 5.74) is -3.04. The maximum Gasteiger partial charge on any atom is 0.208 e. The topological polar surface area (TPSA) is 20.2 Å². The van der Waals surface area contributed by atoms with Crippen LogP contribution in [0.4, 0.5) is 17.6 Å². The van der Waals surface area contributed by atoms with Gasteiger partial charge in [-0.3, -0.25) is 0 Å². The number of hydrogen-bond donors (Lipinski definition) is 1. The van der Waals surface area contributed by atoms with Crippen LogP contribution in [-0.4, -0.2) is 17.4 Å². The van der Waals surface area contributed by atoms with Crippen LogP contribution in [0.5, 0.6) is 0 Å². The molecule has 0 aliphatic heterocycles. The van der Waals surface area contributed by atoms with Gasteiger partial charge in [-0.05, 0) is 13.0 Å². The van der Waals surface area contributed by atoms with Gasteiger partial charge in [-0.1, -0.05) is 0 Å². The molecule has 0 heterocycles. The second-order valence-electron chi connectivity index (χ2n) is 2.93. The zero-order chi connectivity index (χ0) is 10.2. The Morgan fingerprint density at radius 1 is 1.46 bits per heavy atom. The Balaban J connectivity index is 3.16. The van der Waals surface area contributed by atoms with Crippen molar-refractivity contribution < 1.29 is 22.7 Å². The van der Waals surface area contributed by atoms with Crippen LogP contribution in [0.2, 0.25) is 0 Å². The standard InChI is InChI=1S/C8H8F4O/c1-4-5(9)2-8(12,3-13)7(11)6(4)10/h2,4,13H,3H2,1H3. The monoisotopic (exact) mass is 196 g/mol. The predicted octanol–water partition coefficient (Wildman–Crippen LogP) is 2.34. The van der Waals surface area contributed by atoms with Crippen molar-refractivity contribution in [2.45, 2.75) is 12.6 Å². The third kappa shape index (κ3) is 1.48. The van der Waals surface area contributed by atoms with E-state index < -0.39 is 35.7 Å². The molecule has 0 radical (unpaired) electrons. The number of aliphatic hydroxyl groups excluding tert-OH is 1. The molecule has 0 aromatic rings. The van der Waals surface area contributed by atoms with Crippen molar-refractivity contribution in [1.29, 1.82) is 0 Å². The fourth-order valence-electron chi connectivity index (χ4n) is 1.03. The Bertz CT molecular complexity index is 284. The lowest BCUT2D eigenvalue weighted by molar-refractivity contribution is 0.109. The largest absolute Gasteiger partial charge is 0.392 e. The van der Waals surface area contributed by atoms with E-state index in [-0.39, 0.29) is 6.08 Å². The van der Waals surface area contributed by atoms with Gasteiger partial charge in [0.2, 0.25) is 5.67 Å². The molecule has 74 valence electrons. The highest BCUT2D eigenvalue weighted by atomic mass is 19.2. The average molecular weight is 196 g/mol. The van der Waals surface area contributed by atoms with Crippen LogP contribution >= 0.6 is 0 Å². The summed E-state index contributed by atoms with van der Waals surface area (Å²) in [5, 5.41) is 8.42. The number of allylic oxidation sites excluding steroid dienone is 2. The quantitative estimate of drug-likeness (QED) is 0.638. The molecule has 1 rings (SSSR count). The van der Waals surface area contributed by atoms with E-state index in [0.717, 1.165) is 6.92 Å². The van der Waals surface area contributed by atoms with Crippen LogP contribution in [0.15, 0.2) is 23.6 Å². The van der Waals surface area contributed by atoms with Gasteiger partial charge < -0.3 is 5.11 Å². The smallest absolute Gasteiger partial charge is 0.208 e. The molecule has 13 heavy (non-hydrogen) atoms. The molecule has 2 unspecified atom stereocenters. The maximum absolute atomic E-state index is 13.1. The fourth-order valence-corrected chi connectivity index (χ4v) is 1.03. The van der Waals surface area contributed by atoms with Crippen molar-refractivity contribution in [3.8, 4) is 0 Å². The van der Waals surface area contributed by atoms with E-state index in [4.69, 9.17) is 5.11 Å². The first-order valence-electron chi connectivity index (χ1n) is 3.66. The van der Waals surface area contributed by atoms with Gasteiger partial charge in [0.15, 0.2) is 5.83 Å². The summed E-state index contributed by atoms with van der Waals surface area (Å²) < 4.78 is 51.5. The molecule has 1 aliphatic rings. The van der Waals surface area contributed by atoms with Crippen molar-refractivity contribution in [1.82, 2.24) is 0 Å². The second-order valence-corrected chi connectivity index (χ2v) is 2.93. The fraction of sp³-hybridized carbons (Fsp3) is 0.500. The van der Waals surface area contributed by atoms with Crippen molar-refractivity contribution in [3.63, 3.8) is 0 Å². The van der Waals surface area contributed by atoms with E-state index >= 15 is 0 Å².